The summed E-state index contributed by atoms with van der Waals surface area (Å²) >= 11 is 0. The Bertz CT molecular complexity index is 3840. The number of aromatic nitrogens is 3. The molecule has 3 heterocycles. The lowest BCUT2D eigenvalue weighted by Gasteiger charge is -2.13. The average molecular weight is 740 g/mol. The van der Waals surface area contributed by atoms with Crippen LogP contribution in [0.15, 0.2) is 185 Å². The molecular formula is C53H29N3O2. The predicted molar refractivity (Wildman–Crippen MR) is 238 cm³/mol. The summed E-state index contributed by atoms with van der Waals surface area (Å²) in [5.74, 6) is 1.73. The molecule has 0 aliphatic heterocycles. The molecular weight excluding hydrogens is 711 g/mol. The quantitative estimate of drug-likeness (QED) is 0.169. The van der Waals surface area contributed by atoms with Gasteiger partial charge in [-0.25, -0.2) is 15.0 Å². The zero-order chi connectivity index (χ0) is 37.9. The number of nitrogens with zero attached hydrogens (tertiary/aromatic N) is 3. The van der Waals surface area contributed by atoms with Gasteiger partial charge < -0.3 is 8.83 Å². The minimum absolute atomic E-state index is 0.562. The SMILES string of the molecule is c1ccc2c(-c3nc(-c4ccc5c(c4)oc4ccccc45)nc(-c4c5ccccc5cc5oc6c(ccc7c8ccccc8c8ccccc8c76)c45)n3)cccc2c1. The van der Waals surface area contributed by atoms with Gasteiger partial charge in [0.1, 0.15) is 22.3 Å². The van der Waals surface area contributed by atoms with E-state index in [0.717, 1.165) is 98.3 Å². The fraction of sp³-hybridized carbons (Fsp3) is 0. The maximum atomic E-state index is 7.07. The molecule has 10 aromatic carbocycles. The first kappa shape index (κ1) is 31.3. The van der Waals surface area contributed by atoms with Gasteiger partial charge in [0.25, 0.3) is 0 Å². The van der Waals surface area contributed by atoms with Crippen molar-refractivity contribution >= 4 is 97.7 Å². The molecule has 58 heavy (non-hydrogen) atoms. The van der Waals surface area contributed by atoms with Gasteiger partial charge in [0.05, 0.1) is 0 Å². The third-order valence-electron chi connectivity index (χ3n) is 11.9. The first-order valence-electron chi connectivity index (χ1n) is 19.5. The molecule has 0 atom stereocenters. The highest BCUT2D eigenvalue weighted by molar-refractivity contribution is 6.33. The third-order valence-corrected chi connectivity index (χ3v) is 11.9. The van der Waals surface area contributed by atoms with Gasteiger partial charge >= 0.3 is 0 Å². The lowest BCUT2D eigenvalue weighted by molar-refractivity contribution is 0.669. The molecule has 0 bridgehead atoms. The van der Waals surface area contributed by atoms with Crippen LogP contribution in [0.25, 0.3) is 132 Å². The molecule has 0 unspecified atom stereocenters. The van der Waals surface area contributed by atoms with E-state index >= 15 is 0 Å². The van der Waals surface area contributed by atoms with Crippen LogP contribution in [-0.4, -0.2) is 15.0 Å². The highest BCUT2D eigenvalue weighted by Crippen LogP contribution is 2.46. The fourth-order valence-corrected chi connectivity index (χ4v) is 9.30. The molecule has 0 spiro atoms. The number of benzene rings is 10. The number of rotatable bonds is 3. The van der Waals surface area contributed by atoms with E-state index in [1.807, 2.05) is 18.2 Å². The standard InChI is InChI=1S/C53H29N3O2/c1-3-15-33-30(12-1)14-11-22-42(33)52-54-51(32-24-25-39-38-20-9-10-23-44(38)57-45(39)29-32)55-53(56-52)49-34-16-4-2-13-31(34)28-46-48(49)43-27-26-41-37-19-6-5-17-35(37)36-18-7-8-21-40(36)47(41)50(43)58-46/h1-29H. The van der Waals surface area contributed by atoms with Crippen molar-refractivity contribution in [2.75, 3.05) is 0 Å². The largest absolute Gasteiger partial charge is 0.456 e. The van der Waals surface area contributed by atoms with Crippen LogP contribution >= 0.6 is 0 Å². The van der Waals surface area contributed by atoms with E-state index in [9.17, 15) is 0 Å². The summed E-state index contributed by atoms with van der Waals surface area (Å²) in [5.41, 5.74) is 5.95. The Morgan fingerprint density at radius 3 is 1.71 bits per heavy atom. The minimum atomic E-state index is 0.562. The molecule has 0 amide bonds. The van der Waals surface area contributed by atoms with E-state index in [0.29, 0.717) is 17.5 Å². The molecule has 0 saturated carbocycles. The minimum Gasteiger partial charge on any atom is -0.456 e. The molecule has 5 heteroatoms. The first-order chi connectivity index (χ1) is 28.7. The summed E-state index contributed by atoms with van der Waals surface area (Å²) < 4.78 is 13.4. The molecule has 5 nitrogen and oxygen atoms in total. The molecule has 0 fully saturated rings. The number of hydrogen-bond donors (Lipinski definition) is 0. The molecule has 3 aromatic heterocycles. The zero-order valence-electron chi connectivity index (χ0n) is 30.9. The maximum absolute atomic E-state index is 7.07. The summed E-state index contributed by atoms with van der Waals surface area (Å²) in [6.07, 6.45) is 0. The molecule has 0 N–H and O–H groups in total. The molecule has 13 rings (SSSR count). The summed E-state index contributed by atoms with van der Waals surface area (Å²) in [7, 11) is 0. The smallest absolute Gasteiger partial charge is 0.165 e. The van der Waals surface area contributed by atoms with Crippen molar-refractivity contribution in [3.8, 4) is 34.2 Å². The maximum Gasteiger partial charge on any atom is 0.165 e. The van der Waals surface area contributed by atoms with Crippen LogP contribution in [0.2, 0.25) is 0 Å². The second-order valence-corrected chi connectivity index (χ2v) is 15.0. The predicted octanol–water partition coefficient (Wildman–Crippen LogP) is 14.4. The van der Waals surface area contributed by atoms with Crippen LogP contribution in [0.3, 0.4) is 0 Å². The van der Waals surface area contributed by atoms with Gasteiger partial charge in [0.15, 0.2) is 17.5 Å². The van der Waals surface area contributed by atoms with Crippen molar-refractivity contribution in [1.82, 2.24) is 15.0 Å². The van der Waals surface area contributed by atoms with E-state index in [1.165, 1.54) is 16.2 Å². The van der Waals surface area contributed by atoms with Crippen molar-refractivity contribution in [1.29, 1.82) is 0 Å². The third kappa shape index (κ3) is 4.44. The van der Waals surface area contributed by atoms with E-state index in [4.69, 9.17) is 23.8 Å². The van der Waals surface area contributed by atoms with Crippen LogP contribution in [-0.2, 0) is 0 Å². The van der Waals surface area contributed by atoms with Gasteiger partial charge in [0.2, 0.25) is 0 Å². The number of fused-ring (bicyclic) bond motifs is 15. The van der Waals surface area contributed by atoms with Crippen LogP contribution in [0.5, 0.6) is 0 Å². The van der Waals surface area contributed by atoms with Crippen LogP contribution in [0, 0.1) is 0 Å². The Morgan fingerprint density at radius 1 is 0.310 bits per heavy atom. The molecule has 268 valence electrons. The van der Waals surface area contributed by atoms with Crippen LogP contribution < -0.4 is 0 Å². The Balaban J connectivity index is 1.16. The van der Waals surface area contributed by atoms with E-state index < -0.39 is 0 Å². The van der Waals surface area contributed by atoms with Crippen molar-refractivity contribution in [3.05, 3.63) is 176 Å². The van der Waals surface area contributed by atoms with Gasteiger partial charge in [0, 0.05) is 43.6 Å². The van der Waals surface area contributed by atoms with Gasteiger partial charge in [-0.3, -0.25) is 0 Å². The molecule has 0 aliphatic rings. The molecule has 13 aromatic rings. The lowest BCUT2D eigenvalue weighted by Crippen LogP contribution is -2.01. The van der Waals surface area contributed by atoms with Gasteiger partial charge in [-0.1, -0.05) is 146 Å². The molecule has 0 aliphatic carbocycles. The Hall–Kier alpha value is -7.89. The van der Waals surface area contributed by atoms with Crippen molar-refractivity contribution < 1.29 is 8.83 Å². The number of para-hydroxylation sites is 1. The van der Waals surface area contributed by atoms with Crippen LogP contribution in [0.1, 0.15) is 0 Å². The van der Waals surface area contributed by atoms with E-state index in [1.54, 1.807) is 0 Å². The summed E-state index contributed by atoms with van der Waals surface area (Å²) in [6, 6.07) is 61.4. The molecule has 0 saturated heterocycles. The normalized spacial score (nSPS) is 12.1. The van der Waals surface area contributed by atoms with Gasteiger partial charge in [-0.2, -0.15) is 0 Å². The molecule has 0 radical (unpaired) electrons. The fourth-order valence-electron chi connectivity index (χ4n) is 9.30. The summed E-state index contributed by atoms with van der Waals surface area (Å²) in [4.78, 5) is 16.0. The average Bonchev–Trinajstić information content (AvgIpc) is 3.85. The summed E-state index contributed by atoms with van der Waals surface area (Å²) in [6.45, 7) is 0. The van der Waals surface area contributed by atoms with E-state index in [-0.39, 0.29) is 0 Å². The zero-order valence-corrected chi connectivity index (χ0v) is 30.9. The van der Waals surface area contributed by atoms with Gasteiger partial charge in [-0.15, -0.1) is 0 Å². The highest BCUT2D eigenvalue weighted by Gasteiger charge is 2.24. The Morgan fingerprint density at radius 2 is 0.879 bits per heavy atom. The van der Waals surface area contributed by atoms with Gasteiger partial charge in [-0.05, 0) is 78.8 Å². The topological polar surface area (TPSA) is 65.0 Å². The first-order valence-corrected chi connectivity index (χ1v) is 19.5. The second-order valence-electron chi connectivity index (χ2n) is 15.0. The van der Waals surface area contributed by atoms with Crippen LogP contribution in [0.4, 0.5) is 0 Å². The lowest BCUT2D eigenvalue weighted by atomic mass is 9.92. The highest BCUT2D eigenvalue weighted by atomic mass is 16.3. The number of hydrogen-bond acceptors (Lipinski definition) is 5. The van der Waals surface area contributed by atoms with Crippen molar-refractivity contribution in [2.45, 2.75) is 0 Å². The Kier molecular flexibility index (Phi) is 6.38. The summed E-state index contributed by atoms with van der Waals surface area (Å²) in [5, 5.41) is 15.4. The van der Waals surface area contributed by atoms with Crippen molar-refractivity contribution in [3.63, 3.8) is 0 Å². The number of furan rings is 2. The van der Waals surface area contributed by atoms with Crippen molar-refractivity contribution in [2.24, 2.45) is 0 Å². The monoisotopic (exact) mass is 739 g/mol. The second kappa shape index (κ2) is 11.8. The Labute approximate surface area is 330 Å². The van der Waals surface area contributed by atoms with E-state index in [2.05, 4.69) is 158 Å².